The van der Waals surface area contributed by atoms with E-state index in [2.05, 4.69) is 5.32 Å². The lowest BCUT2D eigenvalue weighted by molar-refractivity contribution is 0.473. The summed E-state index contributed by atoms with van der Waals surface area (Å²) in [6, 6.07) is 5.57. The molecule has 2 N–H and O–H groups in total. The minimum absolute atomic E-state index is 0.359. The standard InChI is InChI=1S/C9H11NOS/c11-8-1-2-9-7(5-8)6-10-3-4-12-9/h1-2,5,10-11H,3-4,6H2. The number of aromatic hydroxyl groups is 1. The van der Waals surface area contributed by atoms with Gasteiger partial charge in [0.05, 0.1) is 0 Å². The molecule has 0 bridgehead atoms. The molecule has 0 spiro atoms. The van der Waals surface area contributed by atoms with Crippen molar-refractivity contribution in [3.63, 3.8) is 0 Å². The molecule has 0 aliphatic carbocycles. The van der Waals surface area contributed by atoms with Gasteiger partial charge in [0.25, 0.3) is 0 Å². The van der Waals surface area contributed by atoms with Crippen molar-refractivity contribution in [2.45, 2.75) is 11.4 Å². The first-order valence-corrected chi connectivity index (χ1v) is 5.00. The summed E-state index contributed by atoms with van der Waals surface area (Å²) in [5.74, 6) is 1.47. The van der Waals surface area contributed by atoms with Gasteiger partial charge in [-0.25, -0.2) is 0 Å². The summed E-state index contributed by atoms with van der Waals surface area (Å²) in [6.07, 6.45) is 0. The van der Waals surface area contributed by atoms with Gasteiger partial charge in [0.15, 0.2) is 0 Å². The minimum atomic E-state index is 0.359. The molecule has 1 aliphatic heterocycles. The molecule has 0 atom stereocenters. The van der Waals surface area contributed by atoms with Crippen LogP contribution in [0, 0.1) is 0 Å². The first-order chi connectivity index (χ1) is 5.86. The van der Waals surface area contributed by atoms with E-state index < -0.39 is 0 Å². The van der Waals surface area contributed by atoms with E-state index in [-0.39, 0.29) is 0 Å². The molecule has 0 fully saturated rings. The second kappa shape index (κ2) is 3.37. The molecular weight excluding hydrogens is 170 g/mol. The lowest BCUT2D eigenvalue weighted by atomic mass is 10.2. The third-order valence-electron chi connectivity index (χ3n) is 1.90. The highest BCUT2D eigenvalue weighted by Gasteiger charge is 2.07. The third-order valence-corrected chi connectivity index (χ3v) is 3.01. The molecule has 2 rings (SSSR count). The Hall–Kier alpha value is -0.670. The van der Waals surface area contributed by atoms with Gasteiger partial charge in [0, 0.05) is 23.7 Å². The molecular formula is C9H11NOS. The molecule has 0 unspecified atom stereocenters. The molecule has 0 aromatic heterocycles. The first-order valence-electron chi connectivity index (χ1n) is 4.02. The lowest BCUT2D eigenvalue weighted by Gasteiger charge is -2.03. The molecule has 0 saturated heterocycles. The normalized spacial score (nSPS) is 16.7. The van der Waals surface area contributed by atoms with Crippen LogP contribution in [0.2, 0.25) is 0 Å². The summed E-state index contributed by atoms with van der Waals surface area (Å²) in [5.41, 5.74) is 1.21. The summed E-state index contributed by atoms with van der Waals surface area (Å²) in [7, 11) is 0. The quantitative estimate of drug-likeness (QED) is 0.637. The van der Waals surface area contributed by atoms with Crippen molar-refractivity contribution in [2.75, 3.05) is 12.3 Å². The number of thioether (sulfide) groups is 1. The van der Waals surface area contributed by atoms with Gasteiger partial charge >= 0.3 is 0 Å². The van der Waals surface area contributed by atoms with Crippen LogP contribution in [0.15, 0.2) is 23.1 Å². The van der Waals surface area contributed by atoms with Gasteiger partial charge in [-0.3, -0.25) is 0 Å². The first kappa shape index (κ1) is 7.95. The van der Waals surface area contributed by atoms with Gasteiger partial charge < -0.3 is 10.4 Å². The van der Waals surface area contributed by atoms with Gasteiger partial charge in [-0.2, -0.15) is 0 Å². The van der Waals surface area contributed by atoms with Crippen LogP contribution < -0.4 is 5.32 Å². The van der Waals surface area contributed by atoms with Crippen LogP contribution in [-0.4, -0.2) is 17.4 Å². The van der Waals surface area contributed by atoms with E-state index in [1.807, 2.05) is 23.9 Å². The molecule has 0 saturated carbocycles. The predicted molar refractivity (Wildman–Crippen MR) is 50.5 cm³/mol. The number of rotatable bonds is 0. The Labute approximate surface area is 76.0 Å². The van der Waals surface area contributed by atoms with E-state index in [9.17, 15) is 5.11 Å². The molecule has 1 aromatic rings. The molecule has 2 nitrogen and oxygen atoms in total. The highest BCUT2D eigenvalue weighted by Crippen LogP contribution is 2.27. The Kier molecular flexibility index (Phi) is 2.23. The van der Waals surface area contributed by atoms with Crippen molar-refractivity contribution in [1.82, 2.24) is 5.32 Å². The van der Waals surface area contributed by atoms with Gasteiger partial charge in [0.1, 0.15) is 5.75 Å². The number of hydrogen-bond donors (Lipinski definition) is 2. The lowest BCUT2D eigenvalue weighted by Crippen LogP contribution is -2.13. The Balaban J connectivity index is 2.36. The van der Waals surface area contributed by atoms with Gasteiger partial charge in [-0.15, -0.1) is 11.8 Å². The summed E-state index contributed by atoms with van der Waals surface area (Å²) >= 11 is 1.84. The number of phenolic OH excluding ortho intramolecular Hbond substituents is 1. The molecule has 64 valence electrons. The maximum absolute atomic E-state index is 9.24. The number of hydrogen-bond acceptors (Lipinski definition) is 3. The molecule has 12 heavy (non-hydrogen) atoms. The second-order valence-electron chi connectivity index (χ2n) is 2.82. The fourth-order valence-electron chi connectivity index (χ4n) is 1.30. The highest BCUT2D eigenvalue weighted by molar-refractivity contribution is 7.99. The molecule has 1 heterocycles. The SMILES string of the molecule is Oc1ccc2c(c1)CNCCS2. The fourth-order valence-corrected chi connectivity index (χ4v) is 2.25. The molecule has 3 heteroatoms. The van der Waals surface area contributed by atoms with Crippen LogP contribution in [0.5, 0.6) is 5.75 Å². The van der Waals surface area contributed by atoms with E-state index in [0.717, 1.165) is 18.8 Å². The van der Waals surface area contributed by atoms with E-state index in [1.54, 1.807) is 6.07 Å². The number of benzene rings is 1. The maximum Gasteiger partial charge on any atom is 0.115 e. The van der Waals surface area contributed by atoms with Crippen molar-refractivity contribution >= 4 is 11.8 Å². The Morgan fingerprint density at radius 1 is 1.42 bits per heavy atom. The van der Waals surface area contributed by atoms with Crippen LogP contribution in [0.3, 0.4) is 0 Å². The average Bonchev–Trinajstić information content (AvgIpc) is 2.28. The van der Waals surface area contributed by atoms with Crippen molar-refractivity contribution in [1.29, 1.82) is 0 Å². The zero-order chi connectivity index (χ0) is 8.39. The zero-order valence-electron chi connectivity index (χ0n) is 6.71. The van der Waals surface area contributed by atoms with Crippen molar-refractivity contribution in [3.8, 4) is 5.75 Å². The monoisotopic (exact) mass is 181 g/mol. The third kappa shape index (κ3) is 1.57. The van der Waals surface area contributed by atoms with E-state index in [1.165, 1.54) is 10.5 Å². The smallest absolute Gasteiger partial charge is 0.115 e. The number of nitrogens with one attached hydrogen (secondary N) is 1. The Bertz CT molecular complexity index is 288. The van der Waals surface area contributed by atoms with Crippen LogP contribution >= 0.6 is 11.8 Å². The Morgan fingerprint density at radius 2 is 2.33 bits per heavy atom. The van der Waals surface area contributed by atoms with Gasteiger partial charge in [-0.05, 0) is 23.8 Å². The maximum atomic E-state index is 9.24. The van der Waals surface area contributed by atoms with Crippen molar-refractivity contribution in [2.24, 2.45) is 0 Å². The summed E-state index contributed by atoms with van der Waals surface area (Å²) < 4.78 is 0. The largest absolute Gasteiger partial charge is 0.508 e. The molecule has 0 radical (unpaired) electrons. The minimum Gasteiger partial charge on any atom is -0.508 e. The molecule has 0 amide bonds. The van der Waals surface area contributed by atoms with Gasteiger partial charge in [0.2, 0.25) is 0 Å². The number of fused-ring (bicyclic) bond motifs is 1. The summed E-state index contributed by atoms with van der Waals surface area (Å²) in [5, 5.41) is 12.5. The highest BCUT2D eigenvalue weighted by atomic mass is 32.2. The topological polar surface area (TPSA) is 32.3 Å². The second-order valence-corrected chi connectivity index (χ2v) is 3.95. The Morgan fingerprint density at radius 3 is 3.25 bits per heavy atom. The van der Waals surface area contributed by atoms with Gasteiger partial charge in [-0.1, -0.05) is 0 Å². The van der Waals surface area contributed by atoms with Crippen LogP contribution in [-0.2, 0) is 6.54 Å². The van der Waals surface area contributed by atoms with Crippen molar-refractivity contribution in [3.05, 3.63) is 23.8 Å². The van der Waals surface area contributed by atoms with Crippen LogP contribution in [0.1, 0.15) is 5.56 Å². The molecule has 1 aromatic carbocycles. The van der Waals surface area contributed by atoms with E-state index in [0.29, 0.717) is 5.75 Å². The predicted octanol–water partition coefficient (Wildman–Crippen LogP) is 1.59. The summed E-state index contributed by atoms with van der Waals surface area (Å²) in [4.78, 5) is 1.29. The summed E-state index contributed by atoms with van der Waals surface area (Å²) in [6.45, 7) is 1.91. The average molecular weight is 181 g/mol. The fraction of sp³-hybridized carbons (Fsp3) is 0.333. The van der Waals surface area contributed by atoms with E-state index in [4.69, 9.17) is 0 Å². The van der Waals surface area contributed by atoms with Crippen LogP contribution in [0.4, 0.5) is 0 Å². The molecule has 1 aliphatic rings. The number of phenols is 1. The van der Waals surface area contributed by atoms with E-state index >= 15 is 0 Å². The zero-order valence-corrected chi connectivity index (χ0v) is 7.53. The van der Waals surface area contributed by atoms with Crippen molar-refractivity contribution < 1.29 is 5.11 Å². The van der Waals surface area contributed by atoms with Crippen LogP contribution in [0.25, 0.3) is 0 Å².